The van der Waals surface area contributed by atoms with Gasteiger partial charge in [0.05, 0.1) is 10.6 Å². The third-order valence-electron chi connectivity index (χ3n) is 4.36. The van der Waals surface area contributed by atoms with Crippen LogP contribution in [0.3, 0.4) is 0 Å². The molecule has 1 aromatic heterocycles. The Morgan fingerprint density at radius 2 is 1.96 bits per heavy atom. The number of rotatable bonds is 4. The lowest BCUT2D eigenvalue weighted by Gasteiger charge is -2.20. The van der Waals surface area contributed by atoms with Crippen LogP contribution in [0.2, 0.25) is 5.02 Å². The Labute approximate surface area is 152 Å². The summed E-state index contributed by atoms with van der Waals surface area (Å²) < 4.78 is 13.2. The van der Waals surface area contributed by atoms with E-state index >= 15 is 0 Å². The number of nitrogens with one attached hydrogen (secondary N) is 1. The van der Waals surface area contributed by atoms with Crippen LogP contribution in [0, 0.1) is 13.8 Å². The molecule has 0 radical (unpaired) electrons. The van der Waals surface area contributed by atoms with Gasteiger partial charge < -0.3 is 19.4 Å². The van der Waals surface area contributed by atoms with Crippen LogP contribution >= 0.6 is 11.6 Å². The predicted molar refractivity (Wildman–Crippen MR) is 97.9 cm³/mol. The fourth-order valence-electron chi connectivity index (χ4n) is 3.35. The van der Waals surface area contributed by atoms with E-state index in [0.717, 1.165) is 17.0 Å². The molecule has 5 nitrogen and oxygen atoms in total. The fourth-order valence-corrected chi connectivity index (χ4v) is 3.63. The topological polar surface area (TPSA) is 52.5 Å². The van der Waals surface area contributed by atoms with E-state index in [2.05, 4.69) is 23.7 Å². The van der Waals surface area contributed by atoms with Crippen molar-refractivity contribution in [3.63, 3.8) is 0 Å². The largest absolute Gasteiger partial charge is 0.486 e. The molecule has 1 amide bonds. The van der Waals surface area contributed by atoms with Crippen LogP contribution < -0.4 is 14.8 Å². The molecule has 25 heavy (non-hydrogen) atoms. The summed E-state index contributed by atoms with van der Waals surface area (Å²) in [6, 6.07) is 5.91. The Morgan fingerprint density at radius 3 is 2.64 bits per heavy atom. The first-order valence-corrected chi connectivity index (χ1v) is 8.81. The third-order valence-corrected chi connectivity index (χ3v) is 4.64. The van der Waals surface area contributed by atoms with Crippen molar-refractivity contribution in [3.05, 3.63) is 45.7 Å². The number of hydrogen-bond donors (Lipinski definition) is 1. The molecule has 0 atom stereocenters. The van der Waals surface area contributed by atoms with Gasteiger partial charge in [0.15, 0.2) is 11.5 Å². The van der Waals surface area contributed by atoms with Gasteiger partial charge in [0.25, 0.3) is 5.91 Å². The van der Waals surface area contributed by atoms with Gasteiger partial charge in [-0.3, -0.25) is 4.79 Å². The summed E-state index contributed by atoms with van der Waals surface area (Å²) in [5.41, 5.74) is 3.64. The van der Waals surface area contributed by atoms with E-state index in [1.807, 2.05) is 26.0 Å². The number of fused-ring (bicyclic) bond motifs is 1. The lowest BCUT2D eigenvalue weighted by atomic mass is 10.1. The number of benzene rings is 1. The van der Waals surface area contributed by atoms with Crippen molar-refractivity contribution in [2.24, 2.45) is 0 Å². The summed E-state index contributed by atoms with van der Waals surface area (Å²) in [6.07, 6.45) is 0. The first-order valence-electron chi connectivity index (χ1n) is 8.43. The fraction of sp³-hybridized carbons (Fsp3) is 0.421. The first-order chi connectivity index (χ1) is 11.9. The second kappa shape index (κ2) is 7.00. The van der Waals surface area contributed by atoms with Gasteiger partial charge in [-0.25, -0.2) is 0 Å². The Kier molecular flexibility index (Phi) is 4.95. The molecule has 0 saturated heterocycles. The van der Waals surface area contributed by atoms with Gasteiger partial charge in [-0.1, -0.05) is 11.6 Å². The molecule has 1 aliphatic rings. The number of halogens is 1. The van der Waals surface area contributed by atoms with E-state index in [9.17, 15) is 4.79 Å². The molecule has 1 aromatic carbocycles. The van der Waals surface area contributed by atoms with E-state index < -0.39 is 0 Å². The lowest BCUT2D eigenvalue weighted by molar-refractivity contribution is 0.0950. The van der Waals surface area contributed by atoms with Crippen LogP contribution in [-0.2, 0) is 6.54 Å². The normalized spacial score (nSPS) is 13.2. The highest BCUT2D eigenvalue weighted by atomic mass is 35.5. The van der Waals surface area contributed by atoms with Crippen molar-refractivity contribution in [2.75, 3.05) is 13.2 Å². The second-order valence-corrected chi connectivity index (χ2v) is 6.94. The van der Waals surface area contributed by atoms with Gasteiger partial charge in [-0.05, 0) is 51.5 Å². The molecular formula is C19H23ClN2O3. The van der Waals surface area contributed by atoms with Crippen LogP contribution in [0.4, 0.5) is 0 Å². The summed E-state index contributed by atoms with van der Waals surface area (Å²) in [6.45, 7) is 9.58. The van der Waals surface area contributed by atoms with E-state index in [0.29, 0.717) is 47.9 Å². The van der Waals surface area contributed by atoms with E-state index in [1.54, 1.807) is 6.07 Å². The molecule has 2 heterocycles. The number of carbonyl (C=O) groups excluding carboxylic acids is 1. The van der Waals surface area contributed by atoms with Crippen LogP contribution in [-0.4, -0.2) is 23.7 Å². The van der Waals surface area contributed by atoms with Crippen molar-refractivity contribution in [2.45, 2.75) is 40.3 Å². The minimum atomic E-state index is -0.0917. The highest BCUT2D eigenvalue weighted by Gasteiger charge is 2.19. The van der Waals surface area contributed by atoms with Crippen molar-refractivity contribution in [1.82, 2.24) is 9.88 Å². The zero-order chi connectivity index (χ0) is 18.1. The van der Waals surface area contributed by atoms with E-state index in [4.69, 9.17) is 21.1 Å². The summed E-state index contributed by atoms with van der Waals surface area (Å²) in [5.74, 6) is 1.11. The monoisotopic (exact) mass is 362 g/mol. The predicted octanol–water partition coefficient (Wildman–Crippen LogP) is 4.04. The Balaban J connectivity index is 1.75. The summed E-state index contributed by atoms with van der Waals surface area (Å²) >= 11 is 6.24. The SMILES string of the molecule is Cc1cc(C(=O)NCc2cc(Cl)c3c(c2)OCCO3)c(C)n1C(C)C. The molecule has 1 N–H and O–H groups in total. The number of amides is 1. The number of nitrogens with zero attached hydrogens (tertiary/aromatic N) is 1. The van der Waals surface area contributed by atoms with Crippen LogP contribution in [0.25, 0.3) is 0 Å². The highest BCUT2D eigenvalue weighted by Crippen LogP contribution is 2.38. The van der Waals surface area contributed by atoms with E-state index in [1.165, 1.54) is 0 Å². The maximum absolute atomic E-state index is 12.6. The van der Waals surface area contributed by atoms with Gasteiger partial charge >= 0.3 is 0 Å². The molecule has 2 aromatic rings. The smallest absolute Gasteiger partial charge is 0.253 e. The molecule has 134 valence electrons. The quantitative estimate of drug-likeness (QED) is 0.893. The first kappa shape index (κ1) is 17.7. The lowest BCUT2D eigenvalue weighted by Crippen LogP contribution is -2.24. The number of aromatic nitrogens is 1. The number of hydrogen-bond acceptors (Lipinski definition) is 3. The Hall–Kier alpha value is -2.14. The van der Waals surface area contributed by atoms with Gasteiger partial charge in [-0.15, -0.1) is 0 Å². The van der Waals surface area contributed by atoms with Crippen molar-refractivity contribution in [3.8, 4) is 11.5 Å². The molecular weight excluding hydrogens is 340 g/mol. The molecule has 0 spiro atoms. The molecule has 0 aliphatic carbocycles. The standard InChI is InChI=1S/C19H23ClN2O3/c1-11(2)22-12(3)7-15(13(22)4)19(23)21-10-14-8-16(20)18-17(9-14)24-5-6-25-18/h7-9,11H,5-6,10H2,1-4H3,(H,21,23). The van der Waals surface area contributed by atoms with Crippen LogP contribution in [0.15, 0.2) is 18.2 Å². The minimum absolute atomic E-state index is 0.0917. The zero-order valence-electron chi connectivity index (χ0n) is 15.0. The number of aryl methyl sites for hydroxylation is 1. The Bertz CT molecular complexity index is 811. The minimum Gasteiger partial charge on any atom is -0.486 e. The third kappa shape index (κ3) is 3.47. The van der Waals surface area contributed by atoms with Gasteiger partial charge in [0, 0.05) is 24.0 Å². The molecule has 6 heteroatoms. The van der Waals surface area contributed by atoms with Crippen LogP contribution in [0.1, 0.15) is 47.2 Å². The summed E-state index contributed by atoms with van der Waals surface area (Å²) in [7, 11) is 0. The summed E-state index contributed by atoms with van der Waals surface area (Å²) in [4.78, 5) is 12.6. The van der Waals surface area contributed by atoms with Crippen molar-refractivity contribution >= 4 is 17.5 Å². The molecule has 0 saturated carbocycles. The van der Waals surface area contributed by atoms with Gasteiger partial charge in [-0.2, -0.15) is 0 Å². The number of carbonyl (C=O) groups is 1. The zero-order valence-corrected chi connectivity index (χ0v) is 15.7. The van der Waals surface area contributed by atoms with E-state index in [-0.39, 0.29) is 5.91 Å². The van der Waals surface area contributed by atoms with Gasteiger partial charge in [0.1, 0.15) is 13.2 Å². The highest BCUT2D eigenvalue weighted by molar-refractivity contribution is 6.32. The molecule has 3 rings (SSSR count). The Morgan fingerprint density at radius 1 is 1.24 bits per heavy atom. The molecule has 1 aliphatic heterocycles. The average Bonchev–Trinajstić information content (AvgIpc) is 2.87. The molecule has 0 fully saturated rings. The molecule has 0 bridgehead atoms. The van der Waals surface area contributed by atoms with Gasteiger partial charge in [0.2, 0.25) is 0 Å². The second-order valence-electron chi connectivity index (χ2n) is 6.53. The maximum Gasteiger partial charge on any atom is 0.253 e. The average molecular weight is 363 g/mol. The summed E-state index contributed by atoms with van der Waals surface area (Å²) in [5, 5.41) is 3.46. The molecule has 0 unspecified atom stereocenters. The maximum atomic E-state index is 12.6. The van der Waals surface area contributed by atoms with Crippen LogP contribution in [0.5, 0.6) is 11.5 Å². The number of ether oxygens (including phenoxy) is 2. The van der Waals surface area contributed by atoms with Crippen molar-refractivity contribution in [1.29, 1.82) is 0 Å². The van der Waals surface area contributed by atoms with Crippen molar-refractivity contribution < 1.29 is 14.3 Å².